The number of cyclic esters (lactones) is 1. The summed E-state index contributed by atoms with van der Waals surface area (Å²) in [5.74, 6) is 0. The molecule has 0 bridgehead atoms. The van der Waals surface area contributed by atoms with Crippen molar-refractivity contribution in [2.45, 2.75) is 18.1 Å². The molecule has 2 aliphatic rings. The Morgan fingerprint density at radius 2 is 2.15 bits per heavy atom. The smallest absolute Gasteiger partial charge is 0.416 e. The molecule has 0 radical (unpaired) electrons. The summed E-state index contributed by atoms with van der Waals surface area (Å²) in [5.41, 5.74) is -1.11. The number of carbonyl (C=O) groups is 1. The van der Waals surface area contributed by atoms with E-state index in [1.807, 2.05) is 0 Å². The van der Waals surface area contributed by atoms with Crippen LogP contribution in [0, 0.1) is 0 Å². The maximum atomic E-state index is 12.8. The standard InChI is InChI=1S/C13H13F3N2O2/c14-13(15,16)9-2-1-3-10(6-9)18-11(19)20-8-12(18)4-5-17-7-12/h1-3,6,17H,4-5,7-8H2. The summed E-state index contributed by atoms with van der Waals surface area (Å²) in [7, 11) is 0. The fourth-order valence-corrected chi connectivity index (χ4v) is 2.76. The zero-order chi connectivity index (χ0) is 14.4. The van der Waals surface area contributed by atoms with Crippen LogP contribution in [0.5, 0.6) is 0 Å². The van der Waals surface area contributed by atoms with Gasteiger partial charge >= 0.3 is 12.3 Å². The Balaban J connectivity index is 2.01. The van der Waals surface area contributed by atoms with Crippen molar-refractivity contribution in [3.8, 4) is 0 Å². The second kappa shape index (κ2) is 4.37. The van der Waals surface area contributed by atoms with E-state index in [2.05, 4.69) is 5.32 Å². The van der Waals surface area contributed by atoms with Gasteiger partial charge < -0.3 is 10.1 Å². The van der Waals surface area contributed by atoms with E-state index in [1.54, 1.807) is 0 Å². The Kier molecular flexibility index (Phi) is 2.89. The van der Waals surface area contributed by atoms with E-state index in [9.17, 15) is 18.0 Å². The van der Waals surface area contributed by atoms with Crippen molar-refractivity contribution >= 4 is 11.8 Å². The molecule has 20 heavy (non-hydrogen) atoms. The van der Waals surface area contributed by atoms with Crippen LogP contribution in [0.2, 0.25) is 0 Å². The van der Waals surface area contributed by atoms with Crippen LogP contribution in [-0.2, 0) is 10.9 Å². The molecule has 0 saturated carbocycles. The zero-order valence-electron chi connectivity index (χ0n) is 10.5. The van der Waals surface area contributed by atoms with Crippen molar-refractivity contribution in [3.05, 3.63) is 29.8 Å². The number of nitrogens with zero attached hydrogens (tertiary/aromatic N) is 1. The van der Waals surface area contributed by atoms with E-state index in [4.69, 9.17) is 4.74 Å². The minimum atomic E-state index is -4.43. The summed E-state index contributed by atoms with van der Waals surface area (Å²) in [4.78, 5) is 13.2. The third kappa shape index (κ3) is 2.02. The van der Waals surface area contributed by atoms with E-state index >= 15 is 0 Å². The average molecular weight is 286 g/mol. The summed E-state index contributed by atoms with van der Waals surface area (Å²) < 4.78 is 43.4. The lowest BCUT2D eigenvalue weighted by Crippen LogP contribution is -2.49. The second-order valence-electron chi connectivity index (χ2n) is 5.09. The Labute approximate surface area is 113 Å². The lowest BCUT2D eigenvalue weighted by atomic mass is 9.97. The Hall–Kier alpha value is -1.76. The number of halogens is 3. The van der Waals surface area contributed by atoms with Crippen LogP contribution >= 0.6 is 0 Å². The van der Waals surface area contributed by atoms with Crippen molar-refractivity contribution in [2.75, 3.05) is 24.6 Å². The van der Waals surface area contributed by atoms with E-state index in [-0.39, 0.29) is 12.3 Å². The fraction of sp³-hybridized carbons (Fsp3) is 0.462. The predicted octanol–water partition coefficient (Wildman–Crippen LogP) is 2.39. The number of nitrogens with one attached hydrogen (secondary N) is 1. The van der Waals surface area contributed by atoms with Crippen LogP contribution in [0.15, 0.2) is 24.3 Å². The molecule has 1 atom stereocenters. The van der Waals surface area contributed by atoms with Gasteiger partial charge in [0.2, 0.25) is 0 Å². The Morgan fingerprint density at radius 1 is 1.35 bits per heavy atom. The summed E-state index contributed by atoms with van der Waals surface area (Å²) in [6.07, 6.45) is -4.36. The van der Waals surface area contributed by atoms with Gasteiger partial charge in [0, 0.05) is 12.2 Å². The largest absolute Gasteiger partial charge is 0.447 e. The molecule has 2 fully saturated rings. The third-order valence-corrected chi connectivity index (χ3v) is 3.77. The van der Waals surface area contributed by atoms with Gasteiger partial charge in [0.15, 0.2) is 0 Å². The van der Waals surface area contributed by atoms with Gasteiger partial charge in [-0.05, 0) is 31.2 Å². The topological polar surface area (TPSA) is 41.6 Å². The fourth-order valence-electron chi connectivity index (χ4n) is 2.76. The van der Waals surface area contributed by atoms with Crippen LogP contribution in [0.25, 0.3) is 0 Å². The number of rotatable bonds is 1. The van der Waals surface area contributed by atoms with Crippen molar-refractivity contribution in [2.24, 2.45) is 0 Å². The van der Waals surface area contributed by atoms with Crippen LogP contribution in [0.1, 0.15) is 12.0 Å². The van der Waals surface area contributed by atoms with Crippen LogP contribution < -0.4 is 10.2 Å². The van der Waals surface area contributed by atoms with Gasteiger partial charge in [-0.2, -0.15) is 13.2 Å². The molecule has 2 heterocycles. The van der Waals surface area contributed by atoms with Gasteiger partial charge in [0.1, 0.15) is 6.61 Å². The number of anilines is 1. The summed E-state index contributed by atoms with van der Waals surface area (Å²) >= 11 is 0. The molecule has 1 amide bonds. The zero-order valence-corrected chi connectivity index (χ0v) is 10.5. The molecule has 1 unspecified atom stereocenters. The van der Waals surface area contributed by atoms with E-state index in [0.717, 1.165) is 12.1 Å². The molecule has 1 spiro atoms. The number of amides is 1. The number of hydrogen-bond acceptors (Lipinski definition) is 3. The molecular weight excluding hydrogens is 273 g/mol. The molecule has 0 aromatic heterocycles. The molecule has 1 aromatic carbocycles. The summed E-state index contributed by atoms with van der Waals surface area (Å²) in [5, 5.41) is 3.12. The van der Waals surface area contributed by atoms with Crippen molar-refractivity contribution < 1.29 is 22.7 Å². The number of alkyl halides is 3. The van der Waals surface area contributed by atoms with Crippen molar-refractivity contribution in [3.63, 3.8) is 0 Å². The molecule has 1 N–H and O–H groups in total. The molecule has 2 aliphatic heterocycles. The molecule has 1 aromatic rings. The lowest BCUT2D eigenvalue weighted by Gasteiger charge is -2.31. The maximum absolute atomic E-state index is 12.8. The average Bonchev–Trinajstić information content (AvgIpc) is 2.98. The highest BCUT2D eigenvalue weighted by Gasteiger charge is 2.50. The molecule has 7 heteroatoms. The third-order valence-electron chi connectivity index (χ3n) is 3.77. The molecular formula is C13H13F3N2O2. The molecule has 4 nitrogen and oxygen atoms in total. The molecule has 3 rings (SSSR count). The quantitative estimate of drug-likeness (QED) is 0.862. The summed E-state index contributed by atoms with van der Waals surface area (Å²) in [6.45, 7) is 1.44. The van der Waals surface area contributed by atoms with Crippen molar-refractivity contribution in [1.29, 1.82) is 0 Å². The first-order chi connectivity index (χ1) is 9.42. The molecule has 0 aliphatic carbocycles. The first-order valence-corrected chi connectivity index (χ1v) is 6.27. The number of hydrogen-bond donors (Lipinski definition) is 1. The van der Waals surface area contributed by atoms with E-state index < -0.39 is 23.4 Å². The highest BCUT2D eigenvalue weighted by atomic mass is 19.4. The Morgan fingerprint density at radius 3 is 2.80 bits per heavy atom. The number of benzene rings is 1. The van der Waals surface area contributed by atoms with Crippen molar-refractivity contribution in [1.82, 2.24) is 5.32 Å². The first kappa shape index (κ1) is 13.2. The van der Waals surface area contributed by atoms with Crippen LogP contribution in [0.3, 0.4) is 0 Å². The van der Waals surface area contributed by atoms with Crippen LogP contribution in [-0.4, -0.2) is 31.3 Å². The Bertz CT molecular complexity index is 539. The minimum Gasteiger partial charge on any atom is -0.447 e. The number of ether oxygens (including phenoxy) is 1. The van der Waals surface area contributed by atoms with Gasteiger partial charge in [0.05, 0.1) is 11.1 Å². The van der Waals surface area contributed by atoms with E-state index in [0.29, 0.717) is 19.5 Å². The normalized spacial score (nSPS) is 26.4. The second-order valence-corrected chi connectivity index (χ2v) is 5.09. The highest BCUT2D eigenvalue weighted by molar-refractivity contribution is 5.92. The van der Waals surface area contributed by atoms with Gasteiger partial charge in [-0.25, -0.2) is 4.79 Å². The maximum Gasteiger partial charge on any atom is 0.416 e. The minimum absolute atomic E-state index is 0.203. The van der Waals surface area contributed by atoms with Gasteiger partial charge in [-0.15, -0.1) is 0 Å². The van der Waals surface area contributed by atoms with Crippen LogP contribution in [0.4, 0.5) is 23.7 Å². The van der Waals surface area contributed by atoms with Gasteiger partial charge in [0.25, 0.3) is 0 Å². The predicted molar refractivity (Wildman–Crippen MR) is 65.5 cm³/mol. The van der Waals surface area contributed by atoms with Gasteiger partial charge in [-0.1, -0.05) is 6.07 Å². The first-order valence-electron chi connectivity index (χ1n) is 6.27. The highest BCUT2D eigenvalue weighted by Crippen LogP contribution is 2.38. The molecule has 108 valence electrons. The SMILES string of the molecule is O=C1OCC2(CCNC2)N1c1cccc(C(F)(F)F)c1. The van der Waals surface area contributed by atoms with Gasteiger partial charge in [-0.3, -0.25) is 4.90 Å². The van der Waals surface area contributed by atoms with E-state index in [1.165, 1.54) is 17.0 Å². The summed E-state index contributed by atoms with van der Waals surface area (Å²) in [6, 6.07) is 4.79. The number of carbonyl (C=O) groups excluding carboxylic acids is 1. The lowest BCUT2D eigenvalue weighted by molar-refractivity contribution is -0.137. The monoisotopic (exact) mass is 286 g/mol. The molecule has 2 saturated heterocycles.